The second kappa shape index (κ2) is 6.78. The number of carbonyl (C=O) groups excluding carboxylic acids is 2. The van der Waals surface area contributed by atoms with E-state index < -0.39 is 0 Å². The molecule has 2 aliphatic heterocycles. The van der Waals surface area contributed by atoms with Crippen LogP contribution < -0.4 is 10.3 Å². The number of H-pyrrole nitrogens is 1. The topological polar surface area (TPSA) is 76.7 Å². The number of nitrogens with zero attached hydrogens (tertiary/aromatic N) is 1. The number of likely N-dealkylation sites (tertiary alicyclic amines) is 1. The summed E-state index contributed by atoms with van der Waals surface area (Å²) in [5, 5.41) is 2.83. The van der Waals surface area contributed by atoms with E-state index in [0.717, 1.165) is 42.2 Å². The molecule has 2 aromatic heterocycles. The van der Waals surface area contributed by atoms with Crippen molar-refractivity contribution in [1.29, 1.82) is 0 Å². The lowest BCUT2D eigenvalue weighted by Crippen LogP contribution is -2.27. The fraction of sp³-hybridized carbons (Fsp3) is 0.318. The number of furan rings is 1. The SMILES string of the molecule is O=C1CCc2cc(/C=C/C(=O)N3CC4C=C(c5ccco5)CC4C3)c[nH+]c2N1. The molecule has 5 rings (SSSR count). The minimum Gasteiger partial charge on any atom is -0.465 e. The van der Waals surface area contributed by atoms with Gasteiger partial charge in [-0.25, -0.2) is 15.1 Å². The number of anilines is 1. The monoisotopic (exact) mass is 376 g/mol. The normalized spacial score (nSPS) is 23.5. The third-order valence-corrected chi connectivity index (χ3v) is 5.89. The maximum absolute atomic E-state index is 12.6. The predicted molar refractivity (Wildman–Crippen MR) is 104 cm³/mol. The molecule has 28 heavy (non-hydrogen) atoms. The molecule has 1 saturated heterocycles. The van der Waals surface area contributed by atoms with Crippen LogP contribution in [-0.2, 0) is 16.0 Å². The zero-order valence-electron chi connectivity index (χ0n) is 15.5. The minimum atomic E-state index is 0.0334. The molecule has 2 atom stereocenters. The highest BCUT2D eigenvalue weighted by Crippen LogP contribution is 2.41. The van der Waals surface area contributed by atoms with Crippen LogP contribution in [0.2, 0.25) is 0 Å². The van der Waals surface area contributed by atoms with E-state index >= 15 is 0 Å². The molecule has 2 aromatic rings. The Morgan fingerprint density at radius 3 is 3.07 bits per heavy atom. The summed E-state index contributed by atoms with van der Waals surface area (Å²) in [5.41, 5.74) is 3.27. The highest BCUT2D eigenvalue weighted by atomic mass is 16.3. The van der Waals surface area contributed by atoms with Gasteiger partial charge < -0.3 is 9.32 Å². The Kier molecular flexibility index (Phi) is 4.11. The molecule has 6 heteroatoms. The van der Waals surface area contributed by atoms with E-state index in [1.54, 1.807) is 12.3 Å². The van der Waals surface area contributed by atoms with Gasteiger partial charge in [0.1, 0.15) is 5.76 Å². The van der Waals surface area contributed by atoms with E-state index in [0.29, 0.717) is 24.7 Å². The number of amides is 2. The summed E-state index contributed by atoms with van der Waals surface area (Å²) in [4.78, 5) is 29.1. The average molecular weight is 376 g/mol. The van der Waals surface area contributed by atoms with Gasteiger partial charge in [0.25, 0.3) is 5.82 Å². The quantitative estimate of drug-likeness (QED) is 0.837. The molecule has 6 nitrogen and oxygen atoms in total. The Labute approximate surface area is 162 Å². The molecule has 0 bridgehead atoms. The molecular weight excluding hydrogens is 354 g/mol. The second-order valence-corrected chi connectivity index (χ2v) is 7.76. The number of aryl methyl sites for hydroxylation is 1. The van der Waals surface area contributed by atoms with Gasteiger partial charge in [0, 0.05) is 30.3 Å². The number of pyridine rings is 1. The summed E-state index contributed by atoms with van der Waals surface area (Å²) >= 11 is 0. The molecule has 1 aliphatic carbocycles. The highest BCUT2D eigenvalue weighted by molar-refractivity contribution is 5.93. The maximum atomic E-state index is 12.6. The standard InChI is InChI=1S/C22H21N3O3/c26-20-5-4-15-8-14(11-23-22(15)24-20)3-6-21(27)25-12-17-9-16(10-18(17)13-25)19-2-1-7-28-19/h1-3,6-9,11,17-18H,4-5,10,12-13H2,(H,23,24,26)/p+1/b6-3+. The van der Waals surface area contributed by atoms with Crippen LogP contribution >= 0.6 is 0 Å². The smallest absolute Gasteiger partial charge is 0.307 e. The van der Waals surface area contributed by atoms with Crippen LogP contribution in [0, 0.1) is 11.8 Å². The number of aromatic nitrogens is 1. The Bertz CT molecular complexity index is 990. The molecule has 4 heterocycles. The lowest BCUT2D eigenvalue weighted by molar-refractivity contribution is -0.361. The van der Waals surface area contributed by atoms with Gasteiger partial charge >= 0.3 is 5.91 Å². The second-order valence-electron chi connectivity index (χ2n) is 7.76. The molecule has 1 fully saturated rings. The Hall–Kier alpha value is -3.15. The summed E-state index contributed by atoms with van der Waals surface area (Å²) in [6.45, 7) is 1.55. The van der Waals surface area contributed by atoms with Crippen LogP contribution in [0.15, 0.2) is 47.2 Å². The summed E-state index contributed by atoms with van der Waals surface area (Å²) < 4.78 is 5.50. The van der Waals surface area contributed by atoms with E-state index in [1.165, 1.54) is 5.57 Å². The Morgan fingerprint density at radius 2 is 2.25 bits per heavy atom. The van der Waals surface area contributed by atoms with Gasteiger partial charge in [0.2, 0.25) is 5.91 Å². The molecule has 0 aromatic carbocycles. The van der Waals surface area contributed by atoms with Gasteiger partial charge in [0.05, 0.1) is 18.9 Å². The number of carbonyl (C=O) groups is 2. The molecule has 2 unspecified atom stereocenters. The van der Waals surface area contributed by atoms with Crippen molar-refractivity contribution in [3.8, 4) is 0 Å². The van der Waals surface area contributed by atoms with Crippen molar-refractivity contribution in [3.63, 3.8) is 0 Å². The first-order valence-electron chi connectivity index (χ1n) is 9.72. The number of aromatic amines is 1. The van der Waals surface area contributed by atoms with Crippen molar-refractivity contribution in [3.05, 3.63) is 59.7 Å². The first-order chi connectivity index (χ1) is 13.7. The van der Waals surface area contributed by atoms with Gasteiger partial charge in [-0.3, -0.25) is 4.79 Å². The Morgan fingerprint density at radius 1 is 1.32 bits per heavy atom. The lowest BCUT2D eigenvalue weighted by atomic mass is 9.99. The number of fused-ring (bicyclic) bond motifs is 2. The van der Waals surface area contributed by atoms with Crippen molar-refractivity contribution in [2.24, 2.45) is 11.8 Å². The average Bonchev–Trinajstić information content (AvgIpc) is 3.41. The van der Waals surface area contributed by atoms with Gasteiger partial charge in [-0.2, -0.15) is 0 Å². The van der Waals surface area contributed by atoms with Gasteiger partial charge in [0.15, 0.2) is 0 Å². The van der Waals surface area contributed by atoms with Crippen LogP contribution in [0.1, 0.15) is 29.7 Å². The molecule has 0 saturated carbocycles. The van der Waals surface area contributed by atoms with Crippen molar-refractivity contribution in [2.45, 2.75) is 19.3 Å². The number of nitrogens with one attached hydrogen (secondary N) is 2. The van der Waals surface area contributed by atoms with Crippen molar-refractivity contribution >= 4 is 29.3 Å². The molecule has 3 aliphatic rings. The molecule has 0 radical (unpaired) electrons. The van der Waals surface area contributed by atoms with Crippen LogP contribution in [-0.4, -0.2) is 29.8 Å². The van der Waals surface area contributed by atoms with Gasteiger partial charge in [-0.05, 0) is 54.5 Å². The van der Waals surface area contributed by atoms with Crippen LogP contribution in [0.3, 0.4) is 0 Å². The predicted octanol–water partition coefficient (Wildman–Crippen LogP) is 2.55. The van der Waals surface area contributed by atoms with Crippen LogP contribution in [0.4, 0.5) is 5.82 Å². The molecule has 2 N–H and O–H groups in total. The third-order valence-electron chi connectivity index (χ3n) is 5.89. The number of hydrogen-bond acceptors (Lipinski definition) is 3. The molecule has 142 valence electrons. The largest absolute Gasteiger partial charge is 0.465 e. The van der Waals surface area contributed by atoms with E-state index in [-0.39, 0.29) is 11.8 Å². The summed E-state index contributed by atoms with van der Waals surface area (Å²) in [6, 6.07) is 5.93. The fourth-order valence-electron chi connectivity index (χ4n) is 4.43. The van der Waals surface area contributed by atoms with Crippen molar-refractivity contribution < 1.29 is 19.0 Å². The highest BCUT2D eigenvalue weighted by Gasteiger charge is 2.38. The van der Waals surface area contributed by atoms with Crippen molar-refractivity contribution in [1.82, 2.24) is 4.90 Å². The molecule has 0 spiro atoms. The Balaban J connectivity index is 1.23. The maximum Gasteiger partial charge on any atom is 0.307 e. The fourth-order valence-corrected chi connectivity index (χ4v) is 4.43. The van der Waals surface area contributed by atoms with E-state index in [9.17, 15) is 9.59 Å². The van der Waals surface area contributed by atoms with Gasteiger partial charge in [-0.1, -0.05) is 6.08 Å². The first kappa shape index (κ1) is 17.0. The van der Waals surface area contributed by atoms with Crippen LogP contribution in [0.25, 0.3) is 11.6 Å². The zero-order valence-corrected chi connectivity index (χ0v) is 15.5. The van der Waals surface area contributed by atoms with E-state index in [2.05, 4.69) is 16.4 Å². The van der Waals surface area contributed by atoms with E-state index in [1.807, 2.05) is 35.4 Å². The van der Waals surface area contributed by atoms with Gasteiger partial charge in [-0.15, -0.1) is 0 Å². The first-order valence-corrected chi connectivity index (χ1v) is 9.72. The lowest BCUT2D eigenvalue weighted by Gasteiger charge is -2.15. The van der Waals surface area contributed by atoms with E-state index in [4.69, 9.17) is 4.42 Å². The number of hydrogen-bond donors (Lipinski definition) is 1. The van der Waals surface area contributed by atoms with Crippen molar-refractivity contribution in [2.75, 3.05) is 18.4 Å². The van der Waals surface area contributed by atoms with Crippen LogP contribution in [0.5, 0.6) is 0 Å². The summed E-state index contributed by atoms with van der Waals surface area (Å²) in [5.74, 6) is 2.69. The molecule has 2 amide bonds. The number of allylic oxidation sites excluding steroid dienone is 1. The number of rotatable bonds is 3. The molecular formula is C22H22N3O3+. The summed E-state index contributed by atoms with van der Waals surface area (Å²) in [7, 11) is 0. The summed E-state index contributed by atoms with van der Waals surface area (Å²) in [6.07, 6.45) is 11.5. The third kappa shape index (κ3) is 3.15. The zero-order chi connectivity index (χ0) is 19.1. The minimum absolute atomic E-state index is 0.0334.